The van der Waals surface area contributed by atoms with Gasteiger partial charge >= 0.3 is 6.03 Å². The smallest absolute Gasteiger partial charge is 0.326 e. The Morgan fingerprint density at radius 3 is 2.28 bits per heavy atom. The number of amides is 5. The van der Waals surface area contributed by atoms with E-state index in [1.165, 1.54) is 4.90 Å². The van der Waals surface area contributed by atoms with Crippen LogP contribution < -0.4 is 5.32 Å². The summed E-state index contributed by atoms with van der Waals surface area (Å²) in [6.07, 6.45) is 4.47. The van der Waals surface area contributed by atoms with E-state index in [-0.39, 0.29) is 18.5 Å². The number of fused-ring (bicyclic) bond motifs is 1. The highest BCUT2D eigenvalue weighted by molar-refractivity contribution is 6.17. The number of hydrogen-bond donors (Lipinski definition) is 1. The van der Waals surface area contributed by atoms with Crippen molar-refractivity contribution in [3.8, 4) is 0 Å². The standard InChI is InChI=1S/C25H25N3O4/c29-22-20(24(31)28(25(32)26-22)17-11-5-2-6-12-17)21-18-13-7-8-14-19(18)23(30)27(21)15-16-9-3-1-4-10-16/h1,3-4,7-10,13-14,17,20-21H,2,5-6,11-12,15H2,(H,26,29,32)/t20-,21-/m1/s1. The predicted molar refractivity (Wildman–Crippen MR) is 116 cm³/mol. The van der Waals surface area contributed by atoms with Gasteiger partial charge in [0.15, 0.2) is 0 Å². The van der Waals surface area contributed by atoms with Crippen molar-refractivity contribution < 1.29 is 19.2 Å². The molecule has 0 spiro atoms. The van der Waals surface area contributed by atoms with E-state index in [4.69, 9.17) is 0 Å². The van der Waals surface area contributed by atoms with E-state index in [0.29, 0.717) is 11.1 Å². The zero-order valence-corrected chi connectivity index (χ0v) is 17.7. The fraction of sp³-hybridized carbons (Fsp3) is 0.360. The third-order valence-corrected chi connectivity index (χ3v) is 6.79. The zero-order chi connectivity index (χ0) is 22.2. The average molecular weight is 431 g/mol. The minimum atomic E-state index is -1.16. The van der Waals surface area contributed by atoms with Crippen LogP contribution in [-0.4, -0.2) is 39.6 Å². The molecule has 0 unspecified atom stereocenters. The number of carbonyl (C=O) groups excluding carboxylic acids is 4. The summed E-state index contributed by atoms with van der Waals surface area (Å²) < 4.78 is 0. The van der Waals surface area contributed by atoms with Gasteiger partial charge in [-0.05, 0) is 30.0 Å². The summed E-state index contributed by atoms with van der Waals surface area (Å²) in [5.41, 5.74) is 2.05. The quantitative estimate of drug-likeness (QED) is 0.752. The van der Waals surface area contributed by atoms with Crippen molar-refractivity contribution in [3.63, 3.8) is 0 Å². The van der Waals surface area contributed by atoms with E-state index in [9.17, 15) is 19.2 Å². The zero-order valence-electron chi connectivity index (χ0n) is 17.7. The fourth-order valence-electron chi connectivity index (χ4n) is 5.28. The summed E-state index contributed by atoms with van der Waals surface area (Å²) in [6.45, 7) is 0.271. The second-order valence-corrected chi connectivity index (χ2v) is 8.72. The Labute approximate surface area is 186 Å². The van der Waals surface area contributed by atoms with Crippen molar-refractivity contribution in [2.24, 2.45) is 5.92 Å². The van der Waals surface area contributed by atoms with E-state index in [2.05, 4.69) is 5.32 Å². The third kappa shape index (κ3) is 3.38. The Morgan fingerprint density at radius 1 is 0.844 bits per heavy atom. The Morgan fingerprint density at radius 2 is 1.53 bits per heavy atom. The average Bonchev–Trinajstić information content (AvgIpc) is 3.07. The van der Waals surface area contributed by atoms with Crippen molar-refractivity contribution in [2.45, 2.75) is 50.7 Å². The van der Waals surface area contributed by atoms with Gasteiger partial charge in [-0.2, -0.15) is 0 Å². The summed E-state index contributed by atoms with van der Waals surface area (Å²) in [5.74, 6) is -2.51. The largest absolute Gasteiger partial charge is 0.331 e. The van der Waals surface area contributed by atoms with Crippen LogP contribution in [0.5, 0.6) is 0 Å². The number of hydrogen-bond acceptors (Lipinski definition) is 4. The summed E-state index contributed by atoms with van der Waals surface area (Å²) in [4.78, 5) is 55.5. The molecule has 7 heteroatoms. The number of carbonyl (C=O) groups is 4. The van der Waals surface area contributed by atoms with Gasteiger partial charge in [0.25, 0.3) is 5.91 Å². The molecule has 1 aliphatic carbocycles. The number of barbiturate groups is 1. The SMILES string of the molecule is O=C1NC(=O)N(C2CCCCC2)C(=O)[C@@H]1[C@H]1c2ccccc2C(=O)N1Cc1ccccc1. The molecule has 0 aromatic heterocycles. The van der Waals surface area contributed by atoms with Crippen LogP contribution in [0, 0.1) is 5.92 Å². The van der Waals surface area contributed by atoms with E-state index in [0.717, 1.165) is 37.7 Å². The van der Waals surface area contributed by atoms with Gasteiger partial charge in [0, 0.05) is 18.2 Å². The number of nitrogens with one attached hydrogen (secondary N) is 1. The minimum absolute atomic E-state index is 0.207. The van der Waals surface area contributed by atoms with E-state index in [1.54, 1.807) is 29.2 Å². The molecular formula is C25H25N3O4. The first-order chi connectivity index (χ1) is 15.6. The van der Waals surface area contributed by atoms with Gasteiger partial charge in [-0.25, -0.2) is 4.79 Å². The van der Waals surface area contributed by atoms with Crippen molar-refractivity contribution in [2.75, 3.05) is 0 Å². The molecule has 5 amide bonds. The molecule has 2 aromatic carbocycles. The Kier molecular flexibility index (Phi) is 5.25. The molecule has 3 aliphatic rings. The highest BCUT2D eigenvalue weighted by Crippen LogP contribution is 2.42. The third-order valence-electron chi connectivity index (χ3n) is 6.79. The number of benzene rings is 2. The molecule has 2 aromatic rings. The summed E-state index contributed by atoms with van der Waals surface area (Å²) in [5, 5.41) is 2.40. The van der Waals surface area contributed by atoms with Crippen molar-refractivity contribution >= 4 is 23.8 Å². The molecule has 1 saturated heterocycles. The predicted octanol–water partition coefficient (Wildman–Crippen LogP) is 3.41. The molecule has 5 rings (SSSR count). The number of urea groups is 1. The number of imide groups is 2. The molecule has 0 radical (unpaired) electrons. The van der Waals surface area contributed by atoms with Crippen LogP contribution in [-0.2, 0) is 16.1 Å². The molecule has 0 bridgehead atoms. The lowest BCUT2D eigenvalue weighted by Crippen LogP contribution is -2.63. The molecule has 1 N–H and O–H groups in total. The van der Waals surface area contributed by atoms with Crippen LogP contribution in [0.25, 0.3) is 0 Å². The van der Waals surface area contributed by atoms with Crippen LogP contribution in [0.2, 0.25) is 0 Å². The van der Waals surface area contributed by atoms with E-state index in [1.807, 2.05) is 30.3 Å². The van der Waals surface area contributed by atoms with Crippen LogP contribution in [0.1, 0.15) is 59.6 Å². The number of nitrogens with zero attached hydrogens (tertiary/aromatic N) is 2. The maximum absolute atomic E-state index is 13.7. The van der Waals surface area contributed by atoms with Crippen LogP contribution in [0.4, 0.5) is 4.79 Å². The molecule has 2 aliphatic heterocycles. The monoisotopic (exact) mass is 431 g/mol. The Bertz CT molecular complexity index is 1080. The van der Waals surface area contributed by atoms with E-state index >= 15 is 0 Å². The molecule has 32 heavy (non-hydrogen) atoms. The molecule has 2 heterocycles. The topological polar surface area (TPSA) is 86.8 Å². The van der Waals surface area contributed by atoms with Crippen LogP contribution >= 0.6 is 0 Å². The Hall–Kier alpha value is -3.48. The molecule has 7 nitrogen and oxygen atoms in total. The van der Waals surface area contributed by atoms with E-state index < -0.39 is 29.8 Å². The fourth-order valence-corrected chi connectivity index (χ4v) is 5.28. The lowest BCUT2D eigenvalue weighted by molar-refractivity contribution is -0.147. The van der Waals surface area contributed by atoms with Crippen molar-refractivity contribution in [3.05, 3.63) is 71.3 Å². The summed E-state index contributed by atoms with van der Waals surface area (Å²) in [6, 6.07) is 15.0. The summed E-state index contributed by atoms with van der Waals surface area (Å²) in [7, 11) is 0. The molecule has 2 atom stereocenters. The molecule has 2 fully saturated rings. The maximum Gasteiger partial charge on any atom is 0.331 e. The summed E-state index contributed by atoms with van der Waals surface area (Å²) >= 11 is 0. The van der Waals surface area contributed by atoms with Gasteiger partial charge in [-0.15, -0.1) is 0 Å². The van der Waals surface area contributed by atoms with Crippen molar-refractivity contribution in [1.82, 2.24) is 15.1 Å². The minimum Gasteiger partial charge on any atom is -0.326 e. The molecule has 164 valence electrons. The van der Waals surface area contributed by atoms with Crippen LogP contribution in [0.3, 0.4) is 0 Å². The maximum atomic E-state index is 13.7. The highest BCUT2D eigenvalue weighted by atomic mass is 16.2. The van der Waals surface area contributed by atoms with Gasteiger partial charge in [-0.3, -0.25) is 24.6 Å². The second-order valence-electron chi connectivity index (χ2n) is 8.72. The van der Waals surface area contributed by atoms with Gasteiger partial charge < -0.3 is 4.90 Å². The van der Waals surface area contributed by atoms with Gasteiger partial charge in [0.1, 0.15) is 5.92 Å². The lowest BCUT2D eigenvalue weighted by atomic mass is 9.87. The molecule has 1 saturated carbocycles. The van der Waals surface area contributed by atoms with Crippen molar-refractivity contribution in [1.29, 1.82) is 0 Å². The lowest BCUT2D eigenvalue weighted by Gasteiger charge is -2.40. The first kappa shape index (κ1) is 20.4. The first-order valence-corrected chi connectivity index (χ1v) is 11.2. The second kappa shape index (κ2) is 8.22. The van der Waals surface area contributed by atoms with Gasteiger partial charge in [0.2, 0.25) is 11.8 Å². The van der Waals surface area contributed by atoms with Crippen LogP contribution in [0.15, 0.2) is 54.6 Å². The molecular weight excluding hydrogens is 406 g/mol. The number of rotatable bonds is 4. The Balaban J connectivity index is 1.54. The first-order valence-electron chi connectivity index (χ1n) is 11.2. The normalized spacial score (nSPS) is 24.0. The highest BCUT2D eigenvalue weighted by Gasteiger charge is 2.53. The van der Waals surface area contributed by atoms with Gasteiger partial charge in [-0.1, -0.05) is 67.8 Å². The van der Waals surface area contributed by atoms with Gasteiger partial charge in [0.05, 0.1) is 6.04 Å².